The van der Waals surface area contributed by atoms with E-state index >= 15 is 0 Å². The molecule has 1 saturated heterocycles. The molecule has 1 fully saturated rings. The minimum Gasteiger partial charge on any atom is -0.458 e. The van der Waals surface area contributed by atoms with Gasteiger partial charge in [0.1, 0.15) is 34.1 Å². The second-order valence-electron chi connectivity index (χ2n) is 10.9. The number of nitrogens with zero attached hydrogens (tertiary/aromatic N) is 2. The number of ether oxygens (including phenoxy) is 2. The molecule has 15 heteroatoms. The normalized spacial score (nSPS) is 17.5. The summed E-state index contributed by atoms with van der Waals surface area (Å²) >= 11 is 0. The van der Waals surface area contributed by atoms with E-state index in [2.05, 4.69) is 5.32 Å². The molecule has 42 heavy (non-hydrogen) atoms. The van der Waals surface area contributed by atoms with Crippen molar-refractivity contribution in [2.45, 2.75) is 49.8 Å². The number of esters is 1. The molecular weight excluding hydrogens is 593 g/mol. The highest BCUT2D eigenvalue weighted by Crippen LogP contribution is 2.27. The SMILES string of the molecule is CN(C)C(=O)Oc1ccc(C[C@@H](C(=O)OC(C)(C)C)N(C(=O)C2CS(=O)(=O)CCN2)S(=O)(=O)c2ccccc2F)cc1. The van der Waals surface area contributed by atoms with E-state index in [0.29, 0.717) is 5.56 Å². The summed E-state index contributed by atoms with van der Waals surface area (Å²) in [7, 11) is -5.80. The molecule has 2 aromatic rings. The summed E-state index contributed by atoms with van der Waals surface area (Å²) in [4.78, 5) is 39.7. The fraction of sp³-hybridized carbons (Fsp3) is 0.444. The largest absolute Gasteiger partial charge is 0.458 e. The topological polar surface area (TPSA) is 156 Å². The Bertz CT molecular complexity index is 1540. The molecule has 1 N–H and O–H groups in total. The molecule has 1 unspecified atom stereocenters. The maximum Gasteiger partial charge on any atom is 0.414 e. The van der Waals surface area contributed by atoms with Crippen LogP contribution in [0, 0.1) is 5.82 Å². The first-order valence-corrected chi connectivity index (χ1v) is 16.1. The third-order valence-electron chi connectivity index (χ3n) is 6.00. The molecule has 1 heterocycles. The Morgan fingerprint density at radius 1 is 1.07 bits per heavy atom. The van der Waals surface area contributed by atoms with Gasteiger partial charge in [0, 0.05) is 27.1 Å². The Labute approximate surface area is 244 Å². The van der Waals surface area contributed by atoms with Crippen LogP contribution in [0.2, 0.25) is 0 Å². The van der Waals surface area contributed by atoms with Gasteiger partial charge in [-0.1, -0.05) is 24.3 Å². The molecule has 1 aliphatic rings. The van der Waals surface area contributed by atoms with Crippen LogP contribution >= 0.6 is 0 Å². The number of benzene rings is 2. The van der Waals surface area contributed by atoms with Crippen LogP contribution in [-0.4, -0.2) is 93.8 Å². The van der Waals surface area contributed by atoms with E-state index in [1.807, 2.05) is 0 Å². The van der Waals surface area contributed by atoms with Gasteiger partial charge >= 0.3 is 12.1 Å². The Hall–Kier alpha value is -3.56. The second-order valence-corrected chi connectivity index (χ2v) is 14.9. The van der Waals surface area contributed by atoms with Gasteiger partial charge < -0.3 is 19.7 Å². The molecule has 2 amide bonds. The van der Waals surface area contributed by atoms with Gasteiger partial charge in [0.25, 0.3) is 15.9 Å². The van der Waals surface area contributed by atoms with Crippen molar-refractivity contribution in [3.8, 4) is 5.75 Å². The summed E-state index contributed by atoms with van der Waals surface area (Å²) in [5.74, 6) is -4.37. The van der Waals surface area contributed by atoms with E-state index in [9.17, 15) is 35.6 Å². The van der Waals surface area contributed by atoms with Crippen LogP contribution in [-0.2, 0) is 40.6 Å². The first kappa shape index (κ1) is 32.9. The average Bonchev–Trinajstić information content (AvgIpc) is 2.87. The number of carbonyl (C=O) groups is 3. The van der Waals surface area contributed by atoms with Gasteiger partial charge in [-0.2, -0.15) is 0 Å². The Kier molecular flexibility index (Phi) is 10.0. The van der Waals surface area contributed by atoms with Crippen LogP contribution in [0.1, 0.15) is 26.3 Å². The van der Waals surface area contributed by atoms with Crippen molar-refractivity contribution in [2.75, 3.05) is 32.1 Å². The summed E-state index contributed by atoms with van der Waals surface area (Å²) in [6.45, 7) is 4.50. The summed E-state index contributed by atoms with van der Waals surface area (Å²) < 4.78 is 78.4. The summed E-state index contributed by atoms with van der Waals surface area (Å²) in [5, 5.41) is 2.70. The van der Waals surface area contributed by atoms with Crippen molar-refractivity contribution in [1.82, 2.24) is 14.5 Å². The maximum atomic E-state index is 14.9. The fourth-order valence-electron chi connectivity index (χ4n) is 4.04. The predicted molar refractivity (Wildman–Crippen MR) is 150 cm³/mol. The van der Waals surface area contributed by atoms with E-state index in [-0.39, 0.29) is 22.4 Å². The zero-order chi connectivity index (χ0) is 31.5. The number of hydrogen-bond acceptors (Lipinski definition) is 10. The molecule has 0 aromatic heterocycles. The monoisotopic (exact) mass is 627 g/mol. The van der Waals surface area contributed by atoms with Gasteiger partial charge in [-0.05, 0) is 50.6 Å². The molecule has 0 saturated carbocycles. The van der Waals surface area contributed by atoms with Gasteiger partial charge in [-0.3, -0.25) is 4.79 Å². The lowest BCUT2D eigenvalue weighted by atomic mass is 10.0. The van der Waals surface area contributed by atoms with Crippen molar-refractivity contribution >= 4 is 37.8 Å². The van der Waals surface area contributed by atoms with Crippen LogP contribution in [0.15, 0.2) is 53.4 Å². The van der Waals surface area contributed by atoms with Gasteiger partial charge in [0.2, 0.25) is 0 Å². The van der Waals surface area contributed by atoms with Crippen LogP contribution < -0.4 is 10.1 Å². The van der Waals surface area contributed by atoms with Crippen LogP contribution in [0.25, 0.3) is 0 Å². The van der Waals surface area contributed by atoms with Crippen molar-refractivity contribution in [3.05, 3.63) is 59.9 Å². The summed E-state index contributed by atoms with van der Waals surface area (Å²) in [6, 6.07) is 6.68. The van der Waals surface area contributed by atoms with E-state index in [1.165, 1.54) is 55.4 Å². The Morgan fingerprint density at radius 3 is 2.24 bits per heavy atom. The average molecular weight is 628 g/mol. The highest BCUT2D eigenvalue weighted by atomic mass is 32.2. The van der Waals surface area contributed by atoms with E-state index < -0.39 is 78.4 Å². The van der Waals surface area contributed by atoms with Gasteiger partial charge in [0.05, 0.1) is 11.5 Å². The molecule has 2 atom stereocenters. The maximum absolute atomic E-state index is 14.9. The number of hydrogen-bond donors (Lipinski definition) is 1. The smallest absolute Gasteiger partial charge is 0.414 e. The van der Waals surface area contributed by atoms with Crippen LogP contribution in [0.4, 0.5) is 9.18 Å². The lowest BCUT2D eigenvalue weighted by molar-refractivity contribution is -0.162. The third-order valence-corrected chi connectivity index (χ3v) is 9.50. The zero-order valence-electron chi connectivity index (χ0n) is 23.9. The first-order chi connectivity index (χ1) is 19.4. The highest BCUT2D eigenvalue weighted by molar-refractivity contribution is 7.91. The number of halogens is 1. The lowest BCUT2D eigenvalue weighted by Gasteiger charge is -2.35. The minimum absolute atomic E-state index is 0.128. The van der Waals surface area contributed by atoms with Crippen molar-refractivity contribution in [3.63, 3.8) is 0 Å². The Morgan fingerprint density at radius 2 is 1.69 bits per heavy atom. The molecule has 1 aliphatic heterocycles. The van der Waals surface area contributed by atoms with E-state index in [4.69, 9.17) is 9.47 Å². The molecule has 3 rings (SSSR count). The molecule has 2 aromatic carbocycles. The molecule has 0 aliphatic carbocycles. The zero-order valence-corrected chi connectivity index (χ0v) is 25.5. The van der Waals surface area contributed by atoms with Crippen LogP contribution in [0.5, 0.6) is 5.75 Å². The Balaban J connectivity index is 2.13. The summed E-state index contributed by atoms with van der Waals surface area (Å²) in [5.41, 5.74) is -0.774. The van der Waals surface area contributed by atoms with Gasteiger partial charge in [0.15, 0.2) is 9.84 Å². The molecule has 12 nitrogen and oxygen atoms in total. The number of sulfone groups is 1. The quantitative estimate of drug-likeness (QED) is 0.428. The molecule has 230 valence electrons. The number of carbonyl (C=O) groups excluding carboxylic acids is 3. The number of sulfonamides is 1. The second kappa shape index (κ2) is 12.8. The molecule has 0 bridgehead atoms. The fourth-order valence-corrected chi connectivity index (χ4v) is 7.04. The van der Waals surface area contributed by atoms with Gasteiger partial charge in [-0.25, -0.2) is 35.1 Å². The van der Waals surface area contributed by atoms with E-state index in [1.54, 1.807) is 20.8 Å². The van der Waals surface area contributed by atoms with Crippen molar-refractivity contribution in [2.24, 2.45) is 0 Å². The van der Waals surface area contributed by atoms with E-state index in [0.717, 1.165) is 12.1 Å². The molecule has 0 spiro atoms. The van der Waals surface area contributed by atoms with Gasteiger partial charge in [-0.15, -0.1) is 0 Å². The predicted octanol–water partition coefficient (Wildman–Crippen LogP) is 1.74. The number of nitrogens with one attached hydrogen (secondary N) is 1. The lowest BCUT2D eigenvalue weighted by Crippen LogP contribution is -2.60. The molecular formula is C27H34FN3O9S2. The third kappa shape index (κ3) is 8.26. The first-order valence-electron chi connectivity index (χ1n) is 12.9. The van der Waals surface area contributed by atoms with Crippen molar-refractivity contribution < 1.29 is 45.1 Å². The van der Waals surface area contributed by atoms with Crippen LogP contribution in [0.3, 0.4) is 0 Å². The van der Waals surface area contributed by atoms with Crippen molar-refractivity contribution in [1.29, 1.82) is 0 Å². The highest BCUT2D eigenvalue weighted by Gasteiger charge is 2.46. The number of rotatable bonds is 8. The number of amides is 2. The molecule has 0 radical (unpaired) electrons. The standard InChI is InChI=1S/C27H34FN3O9S2/c1-27(2,3)40-25(33)22(16-18-10-12-19(13-11-18)39-26(34)30(4)5)31(24(32)21-17-41(35,36)15-14-29-21)42(37,38)23-9-7-6-8-20(23)28/h6-13,21-22,29H,14-17H2,1-5H3/t21?,22-/m0/s1. The summed E-state index contributed by atoms with van der Waals surface area (Å²) in [6.07, 6.45) is -1.06. The minimum atomic E-state index is -5.07.